The number of hydrogen-bond donors (Lipinski definition) is 1. The zero-order chi connectivity index (χ0) is 13.8. The summed E-state index contributed by atoms with van der Waals surface area (Å²) in [5.41, 5.74) is 0.845. The molecular formula is C14H16BrClN2O. The minimum atomic E-state index is 0.0969. The first kappa shape index (κ1) is 14.6. The summed E-state index contributed by atoms with van der Waals surface area (Å²) in [6.07, 6.45) is 2.79. The van der Waals surface area contributed by atoms with E-state index in [9.17, 15) is 0 Å². The molecule has 5 heteroatoms. The highest BCUT2D eigenvalue weighted by Gasteiger charge is 2.15. The number of halogens is 2. The number of hydrogen-bond acceptors (Lipinski definition) is 3. The Bertz CT molecular complexity index is 556. The first-order chi connectivity index (χ1) is 9.13. The molecule has 2 rings (SSSR count). The summed E-state index contributed by atoms with van der Waals surface area (Å²) in [6, 6.07) is 5.84. The van der Waals surface area contributed by atoms with Crippen LogP contribution in [0.15, 0.2) is 33.3 Å². The van der Waals surface area contributed by atoms with Gasteiger partial charge in [0, 0.05) is 10.0 Å². The van der Waals surface area contributed by atoms with Gasteiger partial charge >= 0.3 is 0 Å². The number of aromatic nitrogens is 1. The molecule has 1 N–H and O–H groups in total. The Balaban J connectivity index is 2.23. The summed E-state index contributed by atoms with van der Waals surface area (Å²) in [7, 11) is 0. The number of benzene rings is 1. The van der Waals surface area contributed by atoms with E-state index in [0.29, 0.717) is 16.7 Å². The van der Waals surface area contributed by atoms with Crippen LogP contribution in [0.5, 0.6) is 0 Å². The normalized spacial score (nSPS) is 12.6. The summed E-state index contributed by atoms with van der Waals surface area (Å²) in [6.45, 7) is 5.10. The molecule has 0 bridgehead atoms. The molecule has 0 amide bonds. The van der Waals surface area contributed by atoms with Crippen LogP contribution in [0.4, 0.5) is 0 Å². The van der Waals surface area contributed by atoms with Crippen molar-refractivity contribution < 1.29 is 4.42 Å². The molecule has 0 saturated heterocycles. The topological polar surface area (TPSA) is 38.1 Å². The number of nitrogens with one attached hydrogen (secondary N) is 1. The Morgan fingerprint density at radius 2 is 2.26 bits per heavy atom. The lowest BCUT2D eigenvalue weighted by Crippen LogP contribution is -2.19. The molecule has 2 aromatic rings. The standard InChI is InChI=1S/C14H16BrClN2O/c1-3-7-17-9(2)14-18-8-12(19-14)10-5-4-6-11(15)13(10)16/h4-6,8-9,17H,3,7H2,1-2H3. The van der Waals surface area contributed by atoms with Crippen molar-refractivity contribution in [3.63, 3.8) is 0 Å². The van der Waals surface area contributed by atoms with Crippen LogP contribution in [0.3, 0.4) is 0 Å². The molecule has 0 aliphatic rings. The fourth-order valence-corrected chi connectivity index (χ4v) is 2.34. The summed E-state index contributed by atoms with van der Waals surface area (Å²) in [4.78, 5) is 4.31. The van der Waals surface area contributed by atoms with Gasteiger partial charge in [-0.2, -0.15) is 0 Å². The minimum Gasteiger partial charge on any atom is -0.439 e. The van der Waals surface area contributed by atoms with E-state index in [1.54, 1.807) is 6.20 Å². The van der Waals surface area contributed by atoms with Crippen LogP contribution in [-0.2, 0) is 0 Å². The maximum atomic E-state index is 6.25. The van der Waals surface area contributed by atoms with E-state index in [1.807, 2.05) is 25.1 Å². The Morgan fingerprint density at radius 1 is 1.47 bits per heavy atom. The molecule has 1 atom stereocenters. The third-order valence-corrected chi connectivity index (χ3v) is 4.11. The van der Waals surface area contributed by atoms with E-state index < -0.39 is 0 Å². The van der Waals surface area contributed by atoms with E-state index in [4.69, 9.17) is 16.0 Å². The molecule has 0 fully saturated rings. The van der Waals surface area contributed by atoms with Crippen LogP contribution in [0.2, 0.25) is 5.02 Å². The molecule has 0 spiro atoms. The molecule has 0 radical (unpaired) electrons. The highest BCUT2D eigenvalue weighted by atomic mass is 79.9. The zero-order valence-electron chi connectivity index (χ0n) is 10.9. The summed E-state index contributed by atoms with van der Waals surface area (Å²) < 4.78 is 6.63. The summed E-state index contributed by atoms with van der Waals surface area (Å²) in [5, 5.41) is 3.98. The largest absolute Gasteiger partial charge is 0.439 e. The maximum Gasteiger partial charge on any atom is 0.211 e. The van der Waals surface area contributed by atoms with E-state index in [1.165, 1.54) is 0 Å². The molecule has 1 aromatic carbocycles. The van der Waals surface area contributed by atoms with E-state index in [0.717, 1.165) is 23.0 Å². The van der Waals surface area contributed by atoms with Gasteiger partial charge in [0.1, 0.15) is 0 Å². The molecule has 0 saturated carbocycles. The van der Waals surface area contributed by atoms with Crippen molar-refractivity contribution in [3.05, 3.63) is 39.8 Å². The van der Waals surface area contributed by atoms with Crippen molar-refractivity contribution in [1.29, 1.82) is 0 Å². The van der Waals surface area contributed by atoms with Crippen molar-refractivity contribution in [2.75, 3.05) is 6.54 Å². The van der Waals surface area contributed by atoms with Crippen molar-refractivity contribution in [2.24, 2.45) is 0 Å². The fourth-order valence-electron chi connectivity index (χ4n) is 1.75. The molecule has 102 valence electrons. The van der Waals surface area contributed by atoms with E-state index >= 15 is 0 Å². The predicted molar refractivity (Wildman–Crippen MR) is 81.4 cm³/mol. The van der Waals surface area contributed by atoms with Crippen molar-refractivity contribution >= 4 is 27.5 Å². The van der Waals surface area contributed by atoms with Gasteiger partial charge in [-0.1, -0.05) is 24.6 Å². The van der Waals surface area contributed by atoms with Crippen molar-refractivity contribution in [2.45, 2.75) is 26.3 Å². The summed E-state index contributed by atoms with van der Waals surface area (Å²) in [5.74, 6) is 1.37. The average molecular weight is 344 g/mol. The smallest absolute Gasteiger partial charge is 0.211 e. The van der Waals surface area contributed by atoms with Gasteiger partial charge in [0.2, 0.25) is 5.89 Å². The Morgan fingerprint density at radius 3 is 3.00 bits per heavy atom. The van der Waals surface area contributed by atoms with Crippen molar-refractivity contribution in [1.82, 2.24) is 10.3 Å². The molecule has 19 heavy (non-hydrogen) atoms. The first-order valence-electron chi connectivity index (χ1n) is 6.27. The first-order valence-corrected chi connectivity index (χ1v) is 7.44. The van der Waals surface area contributed by atoms with Gasteiger partial charge in [0.05, 0.1) is 17.3 Å². The van der Waals surface area contributed by atoms with Crippen LogP contribution in [0.1, 0.15) is 32.2 Å². The molecule has 3 nitrogen and oxygen atoms in total. The van der Waals surface area contributed by atoms with Gasteiger partial charge in [-0.05, 0) is 48.0 Å². The SMILES string of the molecule is CCCNC(C)c1ncc(-c2cccc(Br)c2Cl)o1. The van der Waals surface area contributed by atoms with Gasteiger partial charge in [0.25, 0.3) is 0 Å². The Labute approximate surface area is 126 Å². The molecule has 1 heterocycles. The van der Waals surface area contributed by atoms with Gasteiger partial charge < -0.3 is 9.73 Å². The second-order valence-corrected chi connectivity index (χ2v) is 5.57. The third kappa shape index (κ3) is 3.38. The second-order valence-electron chi connectivity index (χ2n) is 4.34. The molecule has 0 aliphatic heterocycles. The second kappa shape index (κ2) is 6.55. The van der Waals surface area contributed by atoms with Gasteiger partial charge in [-0.15, -0.1) is 0 Å². The van der Waals surface area contributed by atoms with Gasteiger partial charge in [-0.25, -0.2) is 4.98 Å². The quantitative estimate of drug-likeness (QED) is 0.846. The van der Waals surface area contributed by atoms with Crippen LogP contribution in [0.25, 0.3) is 11.3 Å². The summed E-state index contributed by atoms with van der Waals surface area (Å²) >= 11 is 9.66. The molecular weight excluding hydrogens is 328 g/mol. The lowest BCUT2D eigenvalue weighted by molar-refractivity contribution is 0.423. The molecule has 0 aliphatic carbocycles. The predicted octanol–water partition coefficient (Wildman–Crippen LogP) is 4.82. The Hall–Kier alpha value is -0.840. The third-order valence-electron chi connectivity index (χ3n) is 2.81. The lowest BCUT2D eigenvalue weighted by Gasteiger charge is -2.08. The highest BCUT2D eigenvalue weighted by molar-refractivity contribution is 9.10. The molecule has 1 aromatic heterocycles. The van der Waals surface area contributed by atoms with E-state index in [2.05, 4.69) is 33.2 Å². The fraction of sp³-hybridized carbons (Fsp3) is 0.357. The average Bonchev–Trinajstić information content (AvgIpc) is 2.88. The monoisotopic (exact) mass is 342 g/mol. The maximum absolute atomic E-state index is 6.25. The number of oxazole rings is 1. The van der Waals surface area contributed by atoms with Gasteiger partial charge in [0.15, 0.2) is 5.76 Å². The zero-order valence-corrected chi connectivity index (χ0v) is 13.3. The van der Waals surface area contributed by atoms with Crippen LogP contribution < -0.4 is 5.32 Å². The van der Waals surface area contributed by atoms with Crippen LogP contribution >= 0.6 is 27.5 Å². The van der Waals surface area contributed by atoms with Crippen LogP contribution in [0, 0.1) is 0 Å². The number of rotatable bonds is 5. The lowest BCUT2D eigenvalue weighted by atomic mass is 10.2. The number of nitrogens with zero attached hydrogens (tertiary/aromatic N) is 1. The van der Waals surface area contributed by atoms with Gasteiger partial charge in [-0.3, -0.25) is 0 Å². The van der Waals surface area contributed by atoms with Crippen molar-refractivity contribution in [3.8, 4) is 11.3 Å². The molecule has 1 unspecified atom stereocenters. The highest BCUT2D eigenvalue weighted by Crippen LogP contribution is 2.34. The van der Waals surface area contributed by atoms with E-state index in [-0.39, 0.29) is 6.04 Å². The Kier molecular flexibility index (Phi) is 5.02. The minimum absolute atomic E-state index is 0.0969. The van der Waals surface area contributed by atoms with Crippen LogP contribution in [-0.4, -0.2) is 11.5 Å².